The Kier molecular flexibility index (Phi) is 48.8. The first-order valence-electron chi connectivity index (χ1n) is 26.8. The SMILES string of the molecule is CCCCCCC/C=C\CCCCCCCC(=O)OC(COC(=O)CCCCCCCCC/C=C\CCCCCCCCC)COC(=O)CCCCCCCCCCCCC. The summed E-state index contributed by atoms with van der Waals surface area (Å²) in [6.45, 7) is 6.64. The molecule has 0 spiro atoms. The molecule has 0 bridgehead atoms. The molecule has 0 aromatic rings. The Hall–Kier alpha value is -2.11. The second-order valence-corrected chi connectivity index (χ2v) is 18.1. The summed E-state index contributed by atoms with van der Waals surface area (Å²) < 4.78 is 16.8. The highest BCUT2D eigenvalue weighted by Gasteiger charge is 2.19. The van der Waals surface area contributed by atoms with Crippen LogP contribution in [0.4, 0.5) is 0 Å². The molecule has 0 aliphatic rings. The van der Waals surface area contributed by atoms with Gasteiger partial charge in [0, 0.05) is 19.3 Å². The van der Waals surface area contributed by atoms with Gasteiger partial charge in [-0.3, -0.25) is 14.4 Å². The molecule has 0 saturated heterocycles. The summed E-state index contributed by atoms with van der Waals surface area (Å²) in [4.78, 5) is 38.0. The van der Waals surface area contributed by atoms with Gasteiger partial charge in [0.25, 0.3) is 0 Å². The first kappa shape index (κ1) is 58.9. The van der Waals surface area contributed by atoms with E-state index in [9.17, 15) is 14.4 Å². The van der Waals surface area contributed by atoms with E-state index in [2.05, 4.69) is 45.1 Å². The Morgan fingerprint density at radius 2 is 0.541 bits per heavy atom. The van der Waals surface area contributed by atoms with E-state index in [1.165, 1.54) is 186 Å². The van der Waals surface area contributed by atoms with Crippen molar-refractivity contribution in [3.05, 3.63) is 24.3 Å². The van der Waals surface area contributed by atoms with Crippen LogP contribution in [0.3, 0.4) is 0 Å². The molecule has 0 saturated carbocycles. The van der Waals surface area contributed by atoms with E-state index in [4.69, 9.17) is 14.2 Å². The van der Waals surface area contributed by atoms with Crippen LogP contribution < -0.4 is 0 Å². The normalized spacial score (nSPS) is 12.1. The summed E-state index contributed by atoms with van der Waals surface area (Å²) in [5.74, 6) is -0.873. The zero-order valence-corrected chi connectivity index (χ0v) is 40.9. The number of hydrogen-bond donors (Lipinski definition) is 0. The van der Waals surface area contributed by atoms with Crippen molar-refractivity contribution in [3.63, 3.8) is 0 Å². The Morgan fingerprint density at radius 3 is 0.820 bits per heavy atom. The maximum Gasteiger partial charge on any atom is 0.306 e. The van der Waals surface area contributed by atoms with E-state index in [0.29, 0.717) is 19.3 Å². The predicted octanol–water partition coefficient (Wildman–Crippen LogP) is 17.5. The van der Waals surface area contributed by atoms with Crippen molar-refractivity contribution >= 4 is 17.9 Å². The highest BCUT2D eigenvalue weighted by molar-refractivity contribution is 5.71. The highest BCUT2D eigenvalue weighted by atomic mass is 16.6. The second kappa shape index (κ2) is 50.5. The summed E-state index contributed by atoms with van der Waals surface area (Å²) in [7, 11) is 0. The molecule has 0 radical (unpaired) electrons. The van der Waals surface area contributed by atoms with Gasteiger partial charge in [0.05, 0.1) is 0 Å². The fraction of sp³-hybridized carbons (Fsp3) is 0.873. The molecule has 0 aliphatic heterocycles. The standard InChI is InChI=1S/C55H102O6/c1-4-7-10-13-16-19-22-24-26-27-28-29-31-33-36-39-42-45-48-54(57)60-51-52(50-59-53(56)47-44-41-38-35-32-21-18-15-12-9-6-3)61-55(58)49-46-43-40-37-34-30-25-23-20-17-14-11-8-5-2/h23,25-27,52H,4-22,24,28-51H2,1-3H3/b25-23-,27-26-. The summed E-state index contributed by atoms with van der Waals surface area (Å²) >= 11 is 0. The lowest BCUT2D eigenvalue weighted by Crippen LogP contribution is -2.30. The lowest BCUT2D eigenvalue weighted by atomic mass is 10.1. The first-order chi connectivity index (χ1) is 30.0. The van der Waals surface area contributed by atoms with E-state index in [0.717, 1.165) is 64.2 Å². The number of esters is 3. The number of unbranched alkanes of at least 4 members (excludes halogenated alkanes) is 34. The van der Waals surface area contributed by atoms with Crippen LogP contribution in [0.2, 0.25) is 0 Å². The van der Waals surface area contributed by atoms with Crippen LogP contribution in [-0.2, 0) is 28.6 Å². The van der Waals surface area contributed by atoms with Crippen LogP contribution >= 0.6 is 0 Å². The Labute approximate surface area is 379 Å². The highest BCUT2D eigenvalue weighted by Crippen LogP contribution is 2.15. The fourth-order valence-corrected chi connectivity index (χ4v) is 7.84. The smallest absolute Gasteiger partial charge is 0.306 e. The van der Waals surface area contributed by atoms with Crippen molar-refractivity contribution in [2.24, 2.45) is 0 Å². The third kappa shape index (κ3) is 48.8. The van der Waals surface area contributed by atoms with Crippen LogP contribution in [-0.4, -0.2) is 37.2 Å². The predicted molar refractivity (Wildman–Crippen MR) is 261 cm³/mol. The summed E-state index contributed by atoms with van der Waals surface area (Å²) in [6, 6.07) is 0. The van der Waals surface area contributed by atoms with Crippen LogP contribution in [0.5, 0.6) is 0 Å². The minimum atomic E-state index is -0.772. The molecule has 0 aromatic carbocycles. The number of carbonyl (C=O) groups excluding carboxylic acids is 3. The minimum absolute atomic E-state index is 0.0723. The van der Waals surface area contributed by atoms with E-state index in [-0.39, 0.29) is 31.1 Å². The average molecular weight is 859 g/mol. The summed E-state index contributed by atoms with van der Waals surface area (Å²) in [5.41, 5.74) is 0. The van der Waals surface area contributed by atoms with Crippen LogP contribution in [0.15, 0.2) is 24.3 Å². The molecule has 0 amide bonds. The van der Waals surface area contributed by atoms with E-state index in [1.807, 2.05) is 0 Å². The molecule has 0 heterocycles. The number of allylic oxidation sites excluding steroid dienone is 4. The van der Waals surface area contributed by atoms with Crippen molar-refractivity contribution in [2.45, 2.75) is 297 Å². The third-order valence-corrected chi connectivity index (χ3v) is 11.9. The second-order valence-electron chi connectivity index (χ2n) is 18.1. The van der Waals surface area contributed by atoms with E-state index in [1.54, 1.807) is 0 Å². The lowest BCUT2D eigenvalue weighted by molar-refractivity contribution is -0.167. The lowest BCUT2D eigenvalue weighted by Gasteiger charge is -2.18. The van der Waals surface area contributed by atoms with Gasteiger partial charge in [-0.1, -0.05) is 225 Å². The Morgan fingerprint density at radius 1 is 0.311 bits per heavy atom. The molecule has 1 unspecified atom stereocenters. The van der Waals surface area contributed by atoms with Gasteiger partial charge in [0.1, 0.15) is 13.2 Å². The van der Waals surface area contributed by atoms with Gasteiger partial charge in [-0.2, -0.15) is 0 Å². The third-order valence-electron chi connectivity index (χ3n) is 11.9. The monoisotopic (exact) mass is 859 g/mol. The molecule has 0 rings (SSSR count). The van der Waals surface area contributed by atoms with E-state index < -0.39 is 6.10 Å². The molecule has 61 heavy (non-hydrogen) atoms. The van der Waals surface area contributed by atoms with Crippen LogP contribution in [0, 0.1) is 0 Å². The van der Waals surface area contributed by atoms with Crippen LogP contribution in [0.25, 0.3) is 0 Å². The summed E-state index contributed by atoms with van der Waals surface area (Å²) in [6.07, 6.45) is 57.3. The quantitative estimate of drug-likeness (QED) is 0.0262. The van der Waals surface area contributed by atoms with Gasteiger partial charge in [-0.05, 0) is 70.6 Å². The number of carbonyl (C=O) groups is 3. The molecule has 0 aliphatic carbocycles. The zero-order valence-electron chi connectivity index (χ0n) is 40.9. The molecule has 1 atom stereocenters. The minimum Gasteiger partial charge on any atom is -0.462 e. The molecule has 6 nitrogen and oxygen atoms in total. The maximum atomic E-state index is 12.8. The van der Waals surface area contributed by atoms with Crippen molar-refractivity contribution in [3.8, 4) is 0 Å². The maximum absolute atomic E-state index is 12.8. The molecule has 6 heteroatoms. The van der Waals surface area contributed by atoms with Gasteiger partial charge >= 0.3 is 17.9 Å². The summed E-state index contributed by atoms with van der Waals surface area (Å²) in [5, 5.41) is 0. The number of rotatable bonds is 49. The number of hydrogen-bond acceptors (Lipinski definition) is 6. The van der Waals surface area contributed by atoms with Crippen LogP contribution in [0.1, 0.15) is 290 Å². The molecule has 358 valence electrons. The van der Waals surface area contributed by atoms with Gasteiger partial charge in [-0.15, -0.1) is 0 Å². The van der Waals surface area contributed by atoms with Crippen molar-refractivity contribution < 1.29 is 28.6 Å². The molecular formula is C55H102O6. The van der Waals surface area contributed by atoms with Gasteiger partial charge in [0.2, 0.25) is 0 Å². The van der Waals surface area contributed by atoms with Gasteiger partial charge < -0.3 is 14.2 Å². The molecule has 0 N–H and O–H groups in total. The number of ether oxygens (including phenoxy) is 3. The first-order valence-corrected chi connectivity index (χ1v) is 26.8. The van der Waals surface area contributed by atoms with E-state index >= 15 is 0 Å². The molecule has 0 aromatic heterocycles. The Bertz CT molecular complexity index is 989. The van der Waals surface area contributed by atoms with Gasteiger partial charge in [0.15, 0.2) is 6.10 Å². The zero-order chi connectivity index (χ0) is 44.4. The van der Waals surface area contributed by atoms with Crippen molar-refractivity contribution in [1.29, 1.82) is 0 Å². The molecule has 0 fully saturated rings. The topological polar surface area (TPSA) is 78.9 Å². The van der Waals surface area contributed by atoms with Crippen molar-refractivity contribution in [2.75, 3.05) is 13.2 Å². The van der Waals surface area contributed by atoms with Crippen molar-refractivity contribution in [1.82, 2.24) is 0 Å². The van der Waals surface area contributed by atoms with Gasteiger partial charge in [-0.25, -0.2) is 0 Å². The Balaban J connectivity index is 4.32. The average Bonchev–Trinajstić information content (AvgIpc) is 3.26. The fourth-order valence-electron chi connectivity index (χ4n) is 7.84. The molecular weight excluding hydrogens is 757 g/mol. The largest absolute Gasteiger partial charge is 0.462 e.